The van der Waals surface area contributed by atoms with E-state index in [0.29, 0.717) is 5.52 Å². The van der Waals surface area contributed by atoms with E-state index in [2.05, 4.69) is 15.2 Å². The van der Waals surface area contributed by atoms with Crippen LogP contribution in [0.2, 0.25) is 0 Å². The van der Waals surface area contributed by atoms with E-state index in [9.17, 15) is 13.2 Å². The third kappa shape index (κ3) is 3.51. The van der Waals surface area contributed by atoms with Gasteiger partial charge in [-0.2, -0.15) is 0 Å². The number of pyridine rings is 1. The van der Waals surface area contributed by atoms with Gasteiger partial charge in [-0.3, -0.25) is 10.2 Å². The maximum Gasteiger partial charge on any atom is 0.284 e. The fraction of sp³-hybridized carbons (Fsp3) is 0. The van der Waals surface area contributed by atoms with Gasteiger partial charge in [0.05, 0.1) is 10.4 Å². The summed E-state index contributed by atoms with van der Waals surface area (Å²) in [6.45, 7) is 0. The van der Waals surface area contributed by atoms with E-state index >= 15 is 0 Å². The summed E-state index contributed by atoms with van der Waals surface area (Å²) in [6, 6.07) is 22.9. The molecule has 1 heterocycles. The van der Waals surface area contributed by atoms with Gasteiger partial charge in [-0.15, -0.1) is 4.83 Å². The van der Waals surface area contributed by atoms with E-state index in [1.165, 1.54) is 6.07 Å². The van der Waals surface area contributed by atoms with Crippen LogP contribution in [0.5, 0.6) is 0 Å². The fourth-order valence-corrected chi connectivity index (χ4v) is 3.64. The molecule has 0 aliphatic heterocycles. The lowest BCUT2D eigenvalue weighted by Gasteiger charge is -2.09. The lowest BCUT2D eigenvalue weighted by molar-refractivity contribution is 0.0940. The van der Waals surface area contributed by atoms with Gasteiger partial charge in [-0.1, -0.05) is 54.6 Å². The predicted octanol–water partition coefficient (Wildman–Crippen LogP) is 3.01. The highest BCUT2D eigenvalue weighted by atomic mass is 32.2. The molecular weight excluding hydrogens is 362 g/mol. The van der Waals surface area contributed by atoms with Gasteiger partial charge in [0.2, 0.25) is 0 Å². The zero-order chi connectivity index (χ0) is 18.9. The molecule has 3 aromatic carbocycles. The first-order valence-corrected chi connectivity index (χ1v) is 9.68. The number of sulfonamides is 1. The maximum absolute atomic E-state index is 12.5. The van der Waals surface area contributed by atoms with Crippen molar-refractivity contribution < 1.29 is 13.2 Å². The molecule has 27 heavy (non-hydrogen) atoms. The summed E-state index contributed by atoms with van der Waals surface area (Å²) in [4.78, 5) is 18.7. The lowest BCUT2D eigenvalue weighted by Crippen LogP contribution is -2.41. The predicted molar refractivity (Wildman–Crippen MR) is 103 cm³/mol. The molecule has 0 spiro atoms. The lowest BCUT2D eigenvalue weighted by atomic mass is 10.1. The molecule has 0 atom stereocenters. The summed E-state index contributed by atoms with van der Waals surface area (Å²) in [5, 5.41) is 2.62. The standard InChI is InChI=1S/C20H15N3O3S/c24-20(19-12-10-15-6-3-4-8-18(15)21-19)22-23-27(25,26)17-11-9-14-5-1-2-7-16(14)13-17/h1-13,23H,(H,22,24). The first-order valence-electron chi connectivity index (χ1n) is 8.20. The summed E-state index contributed by atoms with van der Waals surface area (Å²) in [7, 11) is -3.91. The Labute approximate surface area is 155 Å². The van der Waals surface area contributed by atoms with Gasteiger partial charge in [0.25, 0.3) is 15.9 Å². The number of rotatable bonds is 4. The van der Waals surface area contributed by atoms with E-state index in [4.69, 9.17) is 0 Å². The summed E-state index contributed by atoms with van der Waals surface area (Å²) >= 11 is 0. The molecule has 134 valence electrons. The van der Waals surface area contributed by atoms with Crippen molar-refractivity contribution in [3.63, 3.8) is 0 Å². The van der Waals surface area contributed by atoms with Crippen molar-refractivity contribution in [2.24, 2.45) is 0 Å². The summed E-state index contributed by atoms with van der Waals surface area (Å²) < 4.78 is 25.0. The van der Waals surface area contributed by atoms with Crippen LogP contribution in [0.1, 0.15) is 10.5 Å². The van der Waals surface area contributed by atoms with Gasteiger partial charge < -0.3 is 0 Å². The van der Waals surface area contributed by atoms with Crippen molar-refractivity contribution in [1.82, 2.24) is 15.2 Å². The van der Waals surface area contributed by atoms with Crippen molar-refractivity contribution in [3.05, 3.63) is 84.6 Å². The van der Waals surface area contributed by atoms with Crippen molar-refractivity contribution in [1.29, 1.82) is 0 Å². The fourth-order valence-electron chi connectivity index (χ4n) is 2.76. The van der Waals surface area contributed by atoms with Crippen LogP contribution in [-0.2, 0) is 10.0 Å². The third-order valence-electron chi connectivity index (χ3n) is 4.16. The Hall–Kier alpha value is -3.29. The van der Waals surface area contributed by atoms with Crippen molar-refractivity contribution >= 4 is 37.6 Å². The van der Waals surface area contributed by atoms with Crippen molar-refractivity contribution in [3.8, 4) is 0 Å². The molecule has 6 nitrogen and oxygen atoms in total. The maximum atomic E-state index is 12.5. The Bertz CT molecular complexity index is 1270. The minimum atomic E-state index is -3.91. The van der Waals surface area contributed by atoms with Gasteiger partial charge in [-0.05, 0) is 35.0 Å². The summed E-state index contributed by atoms with van der Waals surface area (Å²) in [6.07, 6.45) is 0. The van der Waals surface area contributed by atoms with Crippen LogP contribution in [0, 0.1) is 0 Å². The normalized spacial score (nSPS) is 11.6. The Morgan fingerprint density at radius 3 is 2.26 bits per heavy atom. The molecule has 0 bridgehead atoms. The van der Waals surface area contributed by atoms with Crippen LogP contribution in [0.15, 0.2) is 83.8 Å². The molecule has 0 saturated heterocycles. The molecule has 0 aliphatic carbocycles. The zero-order valence-electron chi connectivity index (χ0n) is 14.1. The number of hydrazine groups is 1. The van der Waals surface area contributed by atoms with E-state index in [-0.39, 0.29) is 10.6 Å². The average molecular weight is 377 g/mol. The SMILES string of the molecule is O=C(NNS(=O)(=O)c1ccc2ccccc2c1)c1ccc2ccccc2n1. The van der Waals surface area contributed by atoms with Gasteiger partial charge in [0.1, 0.15) is 5.69 Å². The van der Waals surface area contributed by atoms with E-state index in [1.807, 2.05) is 42.5 Å². The number of fused-ring (bicyclic) bond motifs is 2. The number of benzene rings is 3. The number of nitrogens with one attached hydrogen (secondary N) is 2. The quantitative estimate of drug-likeness (QED) is 0.535. The van der Waals surface area contributed by atoms with E-state index < -0.39 is 15.9 Å². The highest BCUT2D eigenvalue weighted by Gasteiger charge is 2.17. The molecule has 7 heteroatoms. The first-order chi connectivity index (χ1) is 13.0. The van der Waals surface area contributed by atoms with Crippen LogP contribution in [0.3, 0.4) is 0 Å². The molecule has 1 amide bonds. The molecular formula is C20H15N3O3S. The molecule has 4 rings (SSSR count). The monoisotopic (exact) mass is 377 g/mol. The minimum absolute atomic E-state index is 0.0629. The molecule has 0 fully saturated rings. The second-order valence-electron chi connectivity index (χ2n) is 5.96. The minimum Gasteiger partial charge on any atom is -0.272 e. The van der Waals surface area contributed by atoms with Crippen LogP contribution in [-0.4, -0.2) is 19.3 Å². The topological polar surface area (TPSA) is 88.2 Å². The number of aromatic nitrogens is 1. The molecule has 0 aliphatic rings. The van der Waals surface area contributed by atoms with Crippen LogP contribution in [0.4, 0.5) is 0 Å². The van der Waals surface area contributed by atoms with Gasteiger partial charge in [-0.25, -0.2) is 13.4 Å². The van der Waals surface area contributed by atoms with Gasteiger partial charge >= 0.3 is 0 Å². The molecule has 1 aromatic heterocycles. The summed E-state index contributed by atoms with van der Waals surface area (Å²) in [5.74, 6) is -0.634. The van der Waals surface area contributed by atoms with E-state index in [1.54, 1.807) is 30.3 Å². The van der Waals surface area contributed by atoms with Gasteiger partial charge in [0, 0.05) is 5.39 Å². The molecule has 0 radical (unpaired) electrons. The van der Waals surface area contributed by atoms with Crippen molar-refractivity contribution in [2.75, 3.05) is 0 Å². The number of nitrogens with zero attached hydrogens (tertiary/aromatic N) is 1. The smallest absolute Gasteiger partial charge is 0.272 e. The van der Waals surface area contributed by atoms with Crippen LogP contribution < -0.4 is 10.3 Å². The number of carbonyl (C=O) groups excluding carboxylic acids is 1. The largest absolute Gasteiger partial charge is 0.284 e. The van der Waals surface area contributed by atoms with Gasteiger partial charge in [0.15, 0.2) is 0 Å². The van der Waals surface area contributed by atoms with Crippen molar-refractivity contribution in [2.45, 2.75) is 4.90 Å². The highest BCUT2D eigenvalue weighted by molar-refractivity contribution is 7.89. The third-order valence-corrected chi connectivity index (χ3v) is 5.41. The second-order valence-corrected chi connectivity index (χ2v) is 7.64. The van der Waals surface area contributed by atoms with E-state index in [0.717, 1.165) is 16.2 Å². The Morgan fingerprint density at radius 2 is 1.44 bits per heavy atom. The van der Waals surface area contributed by atoms with Crippen LogP contribution >= 0.6 is 0 Å². The average Bonchev–Trinajstić information content (AvgIpc) is 2.71. The van der Waals surface area contributed by atoms with Crippen LogP contribution in [0.25, 0.3) is 21.7 Å². The Morgan fingerprint density at radius 1 is 0.778 bits per heavy atom. The Balaban J connectivity index is 1.54. The molecule has 2 N–H and O–H groups in total. The molecule has 0 unspecified atom stereocenters. The highest BCUT2D eigenvalue weighted by Crippen LogP contribution is 2.18. The number of amides is 1. The summed E-state index contributed by atoms with van der Waals surface area (Å²) in [5.41, 5.74) is 2.99. The first kappa shape index (κ1) is 17.1. The zero-order valence-corrected chi connectivity index (χ0v) is 14.9. The second kappa shape index (κ2) is 6.79. The number of carbonyl (C=O) groups is 1. The molecule has 0 saturated carbocycles. The Kier molecular flexibility index (Phi) is 4.31. The number of para-hydroxylation sites is 1. The number of hydrogen-bond acceptors (Lipinski definition) is 4. The number of hydrogen-bond donors (Lipinski definition) is 2. The molecule has 4 aromatic rings.